The maximum Gasteiger partial charge on any atom is 0.0754 e. The molecule has 2 N–H and O–H groups in total. The molecule has 1 rings (SSSR count). The lowest BCUT2D eigenvalue weighted by molar-refractivity contribution is 0.780. The van der Waals surface area contributed by atoms with Crippen molar-refractivity contribution in [2.75, 3.05) is 0 Å². The molecule has 1 atom stereocenters. The second kappa shape index (κ2) is 5.02. The van der Waals surface area contributed by atoms with E-state index < -0.39 is 0 Å². The fraction of sp³-hybridized carbons (Fsp3) is 0.286. The first-order valence-electron chi connectivity index (χ1n) is 3.18. The Morgan fingerprint density at radius 1 is 1.67 bits per heavy atom. The van der Waals surface area contributed by atoms with Crippen LogP contribution < -0.4 is 5.73 Å². The normalized spacial score (nSPS) is 12.0. The molecule has 1 aromatic rings. The molecule has 0 radical (unpaired) electrons. The summed E-state index contributed by atoms with van der Waals surface area (Å²) in [6.07, 6.45) is 1.69. The lowest BCUT2D eigenvalue weighted by Gasteiger charge is -2.05. The van der Waals surface area contributed by atoms with Crippen LogP contribution in [0.2, 0.25) is 5.02 Å². The lowest BCUT2D eigenvalue weighted by atomic mass is 10.2. The molecular weight excluding hydrogens is 263 g/mol. The van der Waals surface area contributed by atoms with Crippen LogP contribution in [0.15, 0.2) is 16.7 Å². The number of halogens is 3. The Balaban J connectivity index is 0.00000121. The maximum absolute atomic E-state index is 5.85. The zero-order chi connectivity index (χ0) is 8.43. The van der Waals surface area contributed by atoms with Gasteiger partial charge in [0.1, 0.15) is 0 Å². The quantitative estimate of drug-likeness (QED) is 0.853. The molecule has 68 valence electrons. The largest absolute Gasteiger partial charge is 0.323 e. The van der Waals surface area contributed by atoms with Crippen LogP contribution in [0.5, 0.6) is 0 Å². The molecular formula is C7H9BrCl2N2. The van der Waals surface area contributed by atoms with Gasteiger partial charge in [-0.05, 0) is 28.9 Å². The molecule has 0 aliphatic rings. The number of pyridine rings is 1. The van der Waals surface area contributed by atoms with Crippen LogP contribution in [0.4, 0.5) is 0 Å². The Bertz CT molecular complexity index is 266. The van der Waals surface area contributed by atoms with Crippen molar-refractivity contribution in [1.29, 1.82) is 0 Å². The van der Waals surface area contributed by atoms with Crippen LogP contribution in [-0.4, -0.2) is 4.98 Å². The molecule has 0 spiro atoms. The Kier molecular flexibility index (Phi) is 5.09. The number of nitrogens with zero attached hydrogens (tertiary/aromatic N) is 1. The molecule has 0 aliphatic heterocycles. The van der Waals surface area contributed by atoms with Gasteiger partial charge < -0.3 is 5.73 Å². The molecule has 0 aliphatic carbocycles. The van der Waals surface area contributed by atoms with E-state index in [4.69, 9.17) is 17.3 Å². The summed E-state index contributed by atoms with van der Waals surface area (Å²) in [7, 11) is 0. The molecule has 0 saturated carbocycles. The van der Waals surface area contributed by atoms with Gasteiger partial charge in [0.05, 0.1) is 10.7 Å². The highest BCUT2D eigenvalue weighted by Crippen LogP contribution is 2.22. The Morgan fingerprint density at radius 3 is 2.67 bits per heavy atom. The molecule has 5 heteroatoms. The van der Waals surface area contributed by atoms with Gasteiger partial charge >= 0.3 is 0 Å². The molecule has 0 saturated heterocycles. The summed E-state index contributed by atoms with van der Waals surface area (Å²) in [4.78, 5) is 4.07. The number of rotatable bonds is 1. The van der Waals surface area contributed by atoms with E-state index in [9.17, 15) is 0 Å². The fourth-order valence-corrected chi connectivity index (χ4v) is 1.56. The first kappa shape index (κ1) is 12.2. The van der Waals surface area contributed by atoms with Crippen molar-refractivity contribution in [1.82, 2.24) is 4.98 Å². The zero-order valence-corrected chi connectivity index (χ0v) is 9.58. The second-order valence-corrected chi connectivity index (χ2v) is 3.63. The van der Waals surface area contributed by atoms with Crippen molar-refractivity contribution < 1.29 is 0 Å². The van der Waals surface area contributed by atoms with Crippen LogP contribution >= 0.6 is 39.9 Å². The van der Waals surface area contributed by atoms with E-state index in [2.05, 4.69) is 20.9 Å². The molecule has 1 heterocycles. The molecule has 0 aromatic carbocycles. The van der Waals surface area contributed by atoms with Crippen molar-refractivity contribution in [3.63, 3.8) is 0 Å². The third-order valence-electron chi connectivity index (χ3n) is 1.27. The molecule has 2 nitrogen and oxygen atoms in total. The van der Waals surface area contributed by atoms with Crippen molar-refractivity contribution in [3.05, 3.63) is 27.5 Å². The predicted octanol–water partition coefficient (Wildman–Crippen LogP) is 2.94. The topological polar surface area (TPSA) is 38.9 Å². The smallest absolute Gasteiger partial charge is 0.0754 e. The van der Waals surface area contributed by atoms with Crippen molar-refractivity contribution >= 4 is 39.9 Å². The van der Waals surface area contributed by atoms with Gasteiger partial charge in [0.2, 0.25) is 0 Å². The summed E-state index contributed by atoms with van der Waals surface area (Å²) in [6.45, 7) is 1.85. The zero-order valence-electron chi connectivity index (χ0n) is 6.42. The van der Waals surface area contributed by atoms with Gasteiger partial charge in [0.25, 0.3) is 0 Å². The van der Waals surface area contributed by atoms with E-state index in [0.29, 0.717) is 5.02 Å². The van der Waals surface area contributed by atoms with Gasteiger partial charge in [-0.1, -0.05) is 11.6 Å². The number of nitrogens with two attached hydrogens (primary N) is 1. The minimum atomic E-state index is -0.115. The number of aromatic nitrogens is 1. The standard InChI is InChI=1S/C7H8BrClN2.ClH/c1-4(10)7-6(9)2-5(8)3-11-7;/h2-4H,10H2,1H3;1H/t4-;/m1./s1. The lowest BCUT2D eigenvalue weighted by Crippen LogP contribution is -2.07. The Labute approximate surface area is 91.0 Å². The van der Waals surface area contributed by atoms with Crippen molar-refractivity contribution in [2.24, 2.45) is 5.73 Å². The third kappa shape index (κ3) is 2.90. The number of hydrogen-bond acceptors (Lipinski definition) is 2. The van der Waals surface area contributed by atoms with Gasteiger partial charge in [-0.3, -0.25) is 4.98 Å². The SMILES string of the molecule is C[C@@H](N)c1ncc(Br)cc1Cl.Cl. The van der Waals surface area contributed by atoms with Crippen LogP contribution in [0, 0.1) is 0 Å². The van der Waals surface area contributed by atoms with E-state index >= 15 is 0 Å². The predicted molar refractivity (Wildman–Crippen MR) is 56.8 cm³/mol. The molecule has 0 bridgehead atoms. The average Bonchev–Trinajstić information content (AvgIpc) is 1.85. The summed E-state index contributed by atoms with van der Waals surface area (Å²) >= 11 is 9.11. The minimum absolute atomic E-state index is 0. The van der Waals surface area contributed by atoms with Crippen LogP contribution in [-0.2, 0) is 0 Å². The Morgan fingerprint density at radius 2 is 2.25 bits per heavy atom. The van der Waals surface area contributed by atoms with E-state index in [1.807, 2.05) is 6.92 Å². The molecule has 0 fully saturated rings. The van der Waals surface area contributed by atoms with Crippen molar-refractivity contribution in [2.45, 2.75) is 13.0 Å². The second-order valence-electron chi connectivity index (χ2n) is 2.31. The van der Waals surface area contributed by atoms with E-state index in [1.165, 1.54) is 0 Å². The van der Waals surface area contributed by atoms with Gasteiger partial charge in [-0.2, -0.15) is 0 Å². The highest BCUT2D eigenvalue weighted by molar-refractivity contribution is 9.10. The van der Waals surface area contributed by atoms with Gasteiger partial charge in [0, 0.05) is 16.7 Å². The minimum Gasteiger partial charge on any atom is -0.323 e. The Hall–Kier alpha value is 0.170. The fourth-order valence-electron chi connectivity index (χ4n) is 0.760. The summed E-state index contributed by atoms with van der Waals surface area (Å²) in [5, 5.41) is 0.606. The summed E-state index contributed by atoms with van der Waals surface area (Å²) in [5.74, 6) is 0. The molecule has 0 amide bonds. The molecule has 1 aromatic heterocycles. The highest BCUT2D eigenvalue weighted by Gasteiger charge is 2.06. The monoisotopic (exact) mass is 270 g/mol. The van der Waals surface area contributed by atoms with Gasteiger partial charge in [0.15, 0.2) is 0 Å². The summed E-state index contributed by atoms with van der Waals surface area (Å²) in [5.41, 5.74) is 6.33. The van der Waals surface area contributed by atoms with Crippen LogP contribution in [0.3, 0.4) is 0 Å². The van der Waals surface area contributed by atoms with Gasteiger partial charge in [-0.15, -0.1) is 12.4 Å². The van der Waals surface area contributed by atoms with Gasteiger partial charge in [-0.25, -0.2) is 0 Å². The van der Waals surface area contributed by atoms with Crippen LogP contribution in [0.1, 0.15) is 18.7 Å². The van der Waals surface area contributed by atoms with E-state index in [1.54, 1.807) is 12.3 Å². The average molecular weight is 272 g/mol. The molecule has 0 unspecified atom stereocenters. The van der Waals surface area contributed by atoms with Crippen molar-refractivity contribution in [3.8, 4) is 0 Å². The van der Waals surface area contributed by atoms with E-state index in [-0.39, 0.29) is 18.4 Å². The first-order chi connectivity index (χ1) is 5.11. The highest BCUT2D eigenvalue weighted by atomic mass is 79.9. The summed E-state index contributed by atoms with van der Waals surface area (Å²) < 4.78 is 0.868. The number of hydrogen-bond donors (Lipinski definition) is 1. The first-order valence-corrected chi connectivity index (χ1v) is 4.35. The maximum atomic E-state index is 5.85. The summed E-state index contributed by atoms with van der Waals surface area (Å²) in [6, 6.07) is 1.67. The molecule has 12 heavy (non-hydrogen) atoms. The third-order valence-corrected chi connectivity index (χ3v) is 2.00. The van der Waals surface area contributed by atoms with E-state index in [0.717, 1.165) is 10.2 Å². The van der Waals surface area contributed by atoms with Crippen LogP contribution in [0.25, 0.3) is 0 Å².